The van der Waals surface area contributed by atoms with E-state index in [1.165, 1.54) is 6.07 Å². The standard InChI is InChI=1S/C10H9FNP.C10H14N2/c1-6-5-8(11)9-7(10(6)13)3-2-4-12-9;1-4-5-11-10-6-8(2)7-12-9(10)3/h2-5H,13H2,1H3;5-7H,4H2,1-3H3. The molecule has 3 nitrogen and oxygen atoms in total. The van der Waals surface area contributed by atoms with Gasteiger partial charge in [0.1, 0.15) is 11.3 Å². The smallest absolute Gasteiger partial charge is 0.149 e. The fraction of sp³-hybridized carbons (Fsp3) is 0.250. The van der Waals surface area contributed by atoms with Crippen molar-refractivity contribution >= 4 is 37.3 Å². The molecule has 0 spiro atoms. The van der Waals surface area contributed by atoms with Gasteiger partial charge in [-0.3, -0.25) is 15.0 Å². The topological polar surface area (TPSA) is 38.1 Å². The lowest BCUT2D eigenvalue weighted by Gasteiger charge is -2.05. The van der Waals surface area contributed by atoms with Crippen LogP contribution in [0.1, 0.15) is 30.2 Å². The van der Waals surface area contributed by atoms with Gasteiger partial charge in [0.2, 0.25) is 0 Å². The molecular weight excluding hydrogens is 332 g/mol. The van der Waals surface area contributed by atoms with E-state index in [-0.39, 0.29) is 5.82 Å². The summed E-state index contributed by atoms with van der Waals surface area (Å²) in [6.45, 7) is 7.96. The third-order valence-electron chi connectivity index (χ3n) is 3.70. The van der Waals surface area contributed by atoms with E-state index in [2.05, 4.69) is 37.2 Å². The number of fused-ring (bicyclic) bond motifs is 1. The number of benzene rings is 1. The molecule has 0 aliphatic heterocycles. The highest BCUT2D eigenvalue weighted by atomic mass is 31.0. The second kappa shape index (κ2) is 8.77. The molecular formula is C20H23FN3P. The van der Waals surface area contributed by atoms with Crippen molar-refractivity contribution in [2.45, 2.75) is 34.1 Å². The lowest BCUT2D eigenvalue weighted by molar-refractivity contribution is 0.636. The first kappa shape index (κ1) is 19.1. The van der Waals surface area contributed by atoms with Crippen LogP contribution in [0.4, 0.5) is 10.1 Å². The maximum absolute atomic E-state index is 13.4. The van der Waals surface area contributed by atoms with Crippen molar-refractivity contribution in [2.24, 2.45) is 4.99 Å². The summed E-state index contributed by atoms with van der Waals surface area (Å²) < 4.78 is 13.4. The maximum Gasteiger partial charge on any atom is 0.149 e. The molecule has 2 aromatic heterocycles. The van der Waals surface area contributed by atoms with E-state index in [4.69, 9.17) is 0 Å². The zero-order valence-corrected chi connectivity index (χ0v) is 16.2. The molecule has 0 saturated carbocycles. The highest BCUT2D eigenvalue weighted by molar-refractivity contribution is 7.28. The van der Waals surface area contributed by atoms with Gasteiger partial charge in [-0.1, -0.05) is 13.0 Å². The lowest BCUT2D eigenvalue weighted by atomic mass is 10.1. The molecule has 3 aromatic rings. The van der Waals surface area contributed by atoms with Crippen LogP contribution in [0.2, 0.25) is 0 Å². The Hall–Kier alpha value is -2.19. The van der Waals surface area contributed by atoms with Crippen molar-refractivity contribution < 1.29 is 4.39 Å². The van der Waals surface area contributed by atoms with E-state index >= 15 is 0 Å². The Morgan fingerprint density at radius 2 is 1.96 bits per heavy atom. The minimum atomic E-state index is -0.251. The first-order chi connectivity index (χ1) is 11.9. The second-order valence-electron chi connectivity index (χ2n) is 5.83. The number of aryl methyl sites for hydroxylation is 3. The zero-order valence-electron chi connectivity index (χ0n) is 15.0. The maximum atomic E-state index is 13.4. The summed E-state index contributed by atoms with van der Waals surface area (Å²) in [7, 11) is 2.62. The Balaban J connectivity index is 0.000000181. The Bertz CT molecular complexity index is 907. The number of aromatic nitrogens is 2. The van der Waals surface area contributed by atoms with E-state index in [9.17, 15) is 4.39 Å². The summed E-state index contributed by atoms with van der Waals surface area (Å²) in [6.07, 6.45) is 6.34. The average Bonchev–Trinajstić information content (AvgIpc) is 2.61. The number of hydrogen-bond acceptors (Lipinski definition) is 3. The summed E-state index contributed by atoms with van der Waals surface area (Å²) >= 11 is 0. The Labute approximate surface area is 150 Å². The SMILES string of the molecule is CCC=Nc1cc(C)cnc1C.Cc1cc(F)c2ncccc2c1P. The normalized spacial score (nSPS) is 10.8. The number of halogens is 1. The van der Waals surface area contributed by atoms with Crippen molar-refractivity contribution in [1.82, 2.24) is 9.97 Å². The molecule has 0 radical (unpaired) electrons. The van der Waals surface area contributed by atoms with Gasteiger partial charge in [0.15, 0.2) is 0 Å². The van der Waals surface area contributed by atoms with Crippen LogP contribution < -0.4 is 5.30 Å². The van der Waals surface area contributed by atoms with Gasteiger partial charge < -0.3 is 0 Å². The molecule has 0 fully saturated rings. The molecule has 1 atom stereocenters. The summed E-state index contributed by atoms with van der Waals surface area (Å²) in [4.78, 5) is 12.5. The van der Waals surface area contributed by atoms with Crippen molar-refractivity contribution in [2.75, 3.05) is 0 Å². The molecule has 5 heteroatoms. The summed E-state index contributed by atoms with van der Waals surface area (Å²) in [5.74, 6) is -0.251. The molecule has 0 bridgehead atoms. The van der Waals surface area contributed by atoms with Gasteiger partial charge in [-0.25, -0.2) is 4.39 Å². The predicted octanol–water partition coefficient (Wildman–Crippen LogP) is 4.99. The highest BCUT2D eigenvalue weighted by Crippen LogP contribution is 2.17. The van der Waals surface area contributed by atoms with Gasteiger partial charge >= 0.3 is 0 Å². The van der Waals surface area contributed by atoms with Crippen LogP contribution in [0.5, 0.6) is 0 Å². The third kappa shape index (κ3) is 4.90. The predicted molar refractivity (Wildman–Crippen MR) is 108 cm³/mol. The Morgan fingerprint density at radius 1 is 1.20 bits per heavy atom. The van der Waals surface area contributed by atoms with E-state index in [1.54, 1.807) is 6.20 Å². The second-order valence-corrected chi connectivity index (χ2v) is 6.40. The van der Waals surface area contributed by atoms with Crippen LogP contribution in [0.3, 0.4) is 0 Å². The first-order valence-electron chi connectivity index (χ1n) is 8.19. The van der Waals surface area contributed by atoms with Crippen LogP contribution in [-0.2, 0) is 0 Å². The van der Waals surface area contributed by atoms with Gasteiger partial charge in [0.05, 0.1) is 11.4 Å². The minimum absolute atomic E-state index is 0.251. The zero-order chi connectivity index (χ0) is 18.4. The van der Waals surface area contributed by atoms with Gasteiger partial charge in [-0.05, 0) is 61.8 Å². The molecule has 0 aliphatic rings. The van der Waals surface area contributed by atoms with Gasteiger partial charge in [0, 0.05) is 24.0 Å². The van der Waals surface area contributed by atoms with Crippen LogP contribution in [0.25, 0.3) is 10.9 Å². The van der Waals surface area contributed by atoms with Crippen molar-refractivity contribution in [3.05, 3.63) is 59.3 Å². The van der Waals surface area contributed by atoms with Crippen molar-refractivity contribution in [3.8, 4) is 0 Å². The van der Waals surface area contributed by atoms with E-state index in [0.717, 1.165) is 39.6 Å². The lowest BCUT2D eigenvalue weighted by Crippen LogP contribution is -2.01. The fourth-order valence-corrected chi connectivity index (χ4v) is 2.62. The number of nitrogens with zero attached hydrogens (tertiary/aromatic N) is 3. The van der Waals surface area contributed by atoms with Crippen LogP contribution >= 0.6 is 9.24 Å². The highest BCUT2D eigenvalue weighted by Gasteiger charge is 2.06. The molecule has 1 unspecified atom stereocenters. The van der Waals surface area contributed by atoms with Gasteiger partial charge in [0.25, 0.3) is 0 Å². The average molecular weight is 355 g/mol. The molecule has 130 valence electrons. The van der Waals surface area contributed by atoms with Crippen molar-refractivity contribution in [3.63, 3.8) is 0 Å². The van der Waals surface area contributed by atoms with Crippen LogP contribution in [0.15, 0.2) is 41.7 Å². The largest absolute Gasteiger partial charge is 0.259 e. The quantitative estimate of drug-likeness (QED) is 0.480. The van der Waals surface area contributed by atoms with E-state index in [0.29, 0.717) is 5.52 Å². The molecule has 2 heterocycles. The minimum Gasteiger partial charge on any atom is -0.259 e. The third-order valence-corrected chi connectivity index (χ3v) is 4.47. The van der Waals surface area contributed by atoms with Gasteiger partial charge in [-0.2, -0.15) is 0 Å². The number of rotatable bonds is 2. The molecule has 3 rings (SSSR count). The number of pyridine rings is 2. The molecule has 1 aromatic carbocycles. The number of hydrogen-bond donors (Lipinski definition) is 0. The fourth-order valence-electron chi connectivity index (χ4n) is 2.30. The van der Waals surface area contributed by atoms with E-state index < -0.39 is 0 Å². The molecule has 0 N–H and O–H groups in total. The molecule has 0 amide bonds. The number of aliphatic imine (C=N–C) groups is 1. The monoisotopic (exact) mass is 355 g/mol. The summed E-state index contributed by atoms with van der Waals surface area (Å²) in [5.41, 5.74) is 4.51. The van der Waals surface area contributed by atoms with Crippen LogP contribution in [0, 0.1) is 26.6 Å². The summed E-state index contributed by atoms with van der Waals surface area (Å²) in [5, 5.41) is 1.88. The van der Waals surface area contributed by atoms with Gasteiger partial charge in [-0.15, -0.1) is 9.24 Å². The first-order valence-corrected chi connectivity index (χ1v) is 8.76. The Kier molecular flexibility index (Phi) is 6.72. The Morgan fingerprint density at radius 3 is 2.68 bits per heavy atom. The van der Waals surface area contributed by atoms with Crippen LogP contribution in [-0.4, -0.2) is 16.2 Å². The molecule has 0 saturated heterocycles. The van der Waals surface area contributed by atoms with Crippen molar-refractivity contribution in [1.29, 1.82) is 0 Å². The molecule has 0 aliphatic carbocycles. The molecule has 25 heavy (non-hydrogen) atoms. The summed E-state index contributed by atoms with van der Waals surface area (Å²) in [6, 6.07) is 7.25. The van der Waals surface area contributed by atoms with E-state index in [1.807, 2.05) is 45.3 Å².